The summed E-state index contributed by atoms with van der Waals surface area (Å²) in [6.45, 7) is 7.88. The zero-order valence-corrected chi connectivity index (χ0v) is 17.0. The Balaban J connectivity index is 1.60. The molecule has 2 fully saturated rings. The molecule has 1 aromatic carbocycles. The van der Waals surface area contributed by atoms with Gasteiger partial charge in [0.15, 0.2) is 5.82 Å². The van der Waals surface area contributed by atoms with E-state index in [0.29, 0.717) is 30.2 Å². The van der Waals surface area contributed by atoms with Crippen molar-refractivity contribution in [3.05, 3.63) is 35.4 Å². The fraction of sp³-hybridized carbons (Fsp3) is 0.524. The van der Waals surface area contributed by atoms with E-state index in [0.717, 1.165) is 38.2 Å². The summed E-state index contributed by atoms with van der Waals surface area (Å²) < 4.78 is 44.9. The highest BCUT2D eigenvalue weighted by molar-refractivity contribution is 5.71. The van der Waals surface area contributed by atoms with E-state index in [4.69, 9.17) is 4.74 Å². The molecule has 2 saturated heterocycles. The second-order valence-electron chi connectivity index (χ2n) is 7.81. The molecule has 0 amide bonds. The van der Waals surface area contributed by atoms with Crippen molar-refractivity contribution in [2.24, 2.45) is 0 Å². The lowest BCUT2D eigenvalue weighted by atomic mass is 9.98. The molecule has 0 bridgehead atoms. The molecule has 162 valence electrons. The van der Waals surface area contributed by atoms with Crippen molar-refractivity contribution in [3.8, 4) is 17.0 Å². The number of likely N-dealkylation sites (N-methyl/N-ethyl adjacent to an activating group) is 1. The summed E-state index contributed by atoms with van der Waals surface area (Å²) in [5, 5.41) is 18.8. The van der Waals surface area contributed by atoms with Crippen molar-refractivity contribution >= 4 is 5.82 Å². The Bertz CT molecular complexity index is 881. The maximum Gasteiger partial charge on any atom is 0.416 e. The lowest BCUT2D eigenvalue weighted by molar-refractivity contribution is -0.137. The molecule has 2 atom stereocenters. The zero-order chi connectivity index (χ0) is 21.5. The van der Waals surface area contributed by atoms with Gasteiger partial charge in [-0.1, -0.05) is 6.92 Å². The molecule has 0 unspecified atom stereocenters. The van der Waals surface area contributed by atoms with Crippen LogP contribution in [0.3, 0.4) is 0 Å². The first kappa shape index (κ1) is 20.9. The third kappa shape index (κ3) is 3.96. The molecule has 2 aliphatic rings. The summed E-state index contributed by atoms with van der Waals surface area (Å²) in [6.07, 6.45) is -3.39. The fourth-order valence-corrected chi connectivity index (χ4v) is 4.39. The number of fused-ring (bicyclic) bond motifs is 1. The first-order valence-electron chi connectivity index (χ1n) is 10.1. The number of aromatic hydroxyl groups is 1. The van der Waals surface area contributed by atoms with Crippen molar-refractivity contribution in [2.75, 3.05) is 37.7 Å². The number of halogens is 3. The minimum atomic E-state index is -4.52. The number of ether oxygens (including phenoxy) is 1. The monoisotopic (exact) mass is 422 g/mol. The third-order valence-corrected chi connectivity index (χ3v) is 5.96. The Morgan fingerprint density at radius 3 is 2.63 bits per heavy atom. The van der Waals surface area contributed by atoms with Crippen LogP contribution in [-0.4, -0.2) is 65.1 Å². The normalized spacial score (nSPS) is 22.8. The first-order valence-corrected chi connectivity index (χ1v) is 10.1. The first-order chi connectivity index (χ1) is 14.3. The molecule has 9 heteroatoms. The molecule has 1 N–H and O–H groups in total. The summed E-state index contributed by atoms with van der Waals surface area (Å²) >= 11 is 0. The smallest absolute Gasteiger partial charge is 0.416 e. The molecule has 2 aliphatic heterocycles. The van der Waals surface area contributed by atoms with Crippen molar-refractivity contribution in [3.63, 3.8) is 0 Å². The standard InChI is InChI=1S/C21H25F3N4O2/c1-3-27-7-6-18-16(12-27)28(8-9-30-18)19-5-4-15(25-26-19)20-13(2)10-14(11-17(20)29)21(22,23)24/h4-5,10-11,16,18,29H,3,6-9,12H2,1-2H3/t16-,18+/m1/s1. The van der Waals surface area contributed by atoms with Crippen molar-refractivity contribution in [1.82, 2.24) is 15.1 Å². The number of hydrogen-bond acceptors (Lipinski definition) is 6. The number of piperidine rings is 1. The number of anilines is 1. The molecule has 6 nitrogen and oxygen atoms in total. The predicted molar refractivity (Wildman–Crippen MR) is 106 cm³/mol. The predicted octanol–water partition coefficient (Wildman–Crippen LogP) is 3.48. The van der Waals surface area contributed by atoms with Gasteiger partial charge in [0.2, 0.25) is 0 Å². The SMILES string of the molecule is CCN1CC[C@@H]2OCCN(c3ccc(-c4c(C)cc(C(F)(F)F)cc4O)nn3)[C@@H]2C1. The maximum atomic E-state index is 13.0. The number of rotatable bonds is 3. The van der Waals surface area contributed by atoms with Gasteiger partial charge in [-0.3, -0.25) is 0 Å². The average Bonchev–Trinajstić information content (AvgIpc) is 2.72. The molecule has 0 radical (unpaired) electrons. The van der Waals surface area contributed by atoms with Crippen LogP contribution in [0.15, 0.2) is 24.3 Å². The van der Waals surface area contributed by atoms with Crippen LogP contribution in [0.4, 0.5) is 19.0 Å². The van der Waals surface area contributed by atoms with E-state index in [9.17, 15) is 18.3 Å². The number of phenolic OH excluding ortho intramolecular Hbond substituents is 1. The Kier molecular flexibility index (Phi) is 5.59. The molecule has 4 rings (SSSR count). The molecule has 3 heterocycles. The molecular weight excluding hydrogens is 397 g/mol. The van der Waals surface area contributed by atoms with Gasteiger partial charge in [0.25, 0.3) is 0 Å². The topological polar surface area (TPSA) is 61.7 Å². The second kappa shape index (κ2) is 8.03. The van der Waals surface area contributed by atoms with Crippen LogP contribution in [0, 0.1) is 6.92 Å². The van der Waals surface area contributed by atoms with Gasteiger partial charge in [0.1, 0.15) is 5.75 Å². The van der Waals surface area contributed by atoms with E-state index in [-0.39, 0.29) is 17.7 Å². The van der Waals surface area contributed by atoms with E-state index < -0.39 is 17.5 Å². The number of aryl methyl sites for hydroxylation is 1. The highest BCUT2D eigenvalue weighted by atomic mass is 19.4. The van der Waals surface area contributed by atoms with Crippen molar-refractivity contribution < 1.29 is 23.0 Å². The second-order valence-corrected chi connectivity index (χ2v) is 7.81. The Hall–Kier alpha value is -2.39. The van der Waals surface area contributed by atoms with Crippen molar-refractivity contribution in [2.45, 2.75) is 38.6 Å². The van der Waals surface area contributed by atoms with E-state index in [1.165, 1.54) is 6.92 Å². The average molecular weight is 422 g/mol. The lowest BCUT2D eigenvalue weighted by Gasteiger charge is -2.47. The van der Waals surface area contributed by atoms with Crippen LogP contribution >= 0.6 is 0 Å². The minimum absolute atomic E-state index is 0.157. The van der Waals surface area contributed by atoms with Gasteiger partial charge in [0, 0.05) is 25.2 Å². The molecule has 2 aromatic rings. The Morgan fingerprint density at radius 2 is 2.00 bits per heavy atom. The van der Waals surface area contributed by atoms with Crippen LogP contribution in [0.2, 0.25) is 0 Å². The fourth-order valence-electron chi connectivity index (χ4n) is 4.39. The van der Waals surface area contributed by atoms with Gasteiger partial charge in [-0.25, -0.2) is 0 Å². The van der Waals surface area contributed by atoms with Gasteiger partial charge in [-0.05, 0) is 49.7 Å². The van der Waals surface area contributed by atoms with Gasteiger partial charge in [0.05, 0.1) is 30.0 Å². The Labute approximate surface area is 173 Å². The van der Waals surface area contributed by atoms with Crippen LogP contribution in [0.1, 0.15) is 24.5 Å². The number of likely N-dealkylation sites (tertiary alicyclic amines) is 1. The van der Waals surface area contributed by atoms with Gasteiger partial charge in [-0.2, -0.15) is 13.2 Å². The minimum Gasteiger partial charge on any atom is -0.507 e. The third-order valence-electron chi connectivity index (χ3n) is 5.96. The summed E-state index contributed by atoms with van der Waals surface area (Å²) in [4.78, 5) is 4.58. The lowest BCUT2D eigenvalue weighted by Crippen LogP contribution is -2.60. The molecule has 30 heavy (non-hydrogen) atoms. The van der Waals surface area contributed by atoms with Crippen LogP contribution in [-0.2, 0) is 10.9 Å². The quantitative estimate of drug-likeness (QED) is 0.817. The number of morpholine rings is 1. The summed E-state index contributed by atoms with van der Waals surface area (Å²) in [5.74, 6) is 0.251. The van der Waals surface area contributed by atoms with Crippen LogP contribution in [0.5, 0.6) is 5.75 Å². The number of alkyl halides is 3. The number of nitrogens with zero attached hydrogens (tertiary/aromatic N) is 4. The summed E-state index contributed by atoms with van der Waals surface area (Å²) in [5.41, 5.74) is 0.00693. The molecule has 0 aliphatic carbocycles. The zero-order valence-electron chi connectivity index (χ0n) is 17.0. The molecule has 0 spiro atoms. The summed E-state index contributed by atoms with van der Waals surface area (Å²) in [7, 11) is 0. The molecular formula is C21H25F3N4O2. The number of phenols is 1. The number of hydrogen-bond donors (Lipinski definition) is 1. The molecule has 0 saturated carbocycles. The highest BCUT2D eigenvalue weighted by Gasteiger charge is 2.37. The number of benzene rings is 1. The van der Waals surface area contributed by atoms with Crippen LogP contribution in [0.25, 0.3) is 11.3 Å². The van der Waals surface area contributed by atoms with E-state index in [1.807, 2.05) is 6.07 Å². The largest absolute Gasteiger partial charge is 0.507 e. The summed E-state index contributed by atoms with van der Waals surface area (Å²) in [6, 6.07) is 5.44. The van der Waals surface area contributed by atoms with Crippen molar-refractivity contribution in [1.29, 1.82) is 0 Å². The van der Waals surface area contributed by atoms with Gasteiger partial charge < -0.3 is 19.6 Å². The van der Waals surface area contributed by atoms with E-state index in [1.54, 1.807) is 6.07 Å². The number of aromatic nitrogens is 2. The molecule has 1 aromatic heterocycles. The van der Waals surface area contributed by atoms with Crippen LogP contribution < -0.4 is 4.90 Å². The van der Waals surface area contributed by atoms with Gasteiger partial charge in [-0.15, -0.1) is 10.2 Å². The van der Waals surface area contributed by atoms with E-state index >= 15 is 0 Å². The maximum absolute atomic E-state index is 13.0. The highest BCUT2D eigenvalue weighted by Crippen LogP contribution is 2.38. The Morgan fingerprint density at radius 1 is 1.20 bits per heavy atom. The van der Waals surface area contributed by atoms with Gasteiger partial charge >= 0.3 is 6.18 Å². The van der Waals surface area contributed by atoms with E-state index in [2.05, 4.69) is 26.9 Å².